The highest BCUT2D eigenvalue weighted by molar-refractivity contribution is 6.32. The quantitative estimate of drug-likeness (QED) is 0.855. The molecule has 128 valence electrons. The lowest BCUT2D eigenvalue weighted by Gasteiger charge is -2.34. The van der Waals surface area contributed by atoms with E-state index in [9.17, 15) is 4.79 Å². The van der Waals surface area contributed by atoms with Crippen LogP contribution in [-0.2, 0) is 11.3 Å². The molecule has 1 aromatic carbocycles. The number of nitrogens with zero attached hydrogens (tertiary/aromatic N) is 4. The molecule has 0 unspecified atom stereocenters. The zero-order chi connectivity index (χ0) is 17.3. The fraction of sp³-hybridized carbons (Fsp3) is 0.471. The Bertz CT molecular complexity index is 719. The summed E-state index contributed by atoms with van der Waals surface area (Å²) in [6, 6.07) is 8.09. The molecular weight excluding hydrogens is 328 g/mol. The smallest absolute Gasteiger partial charge is 0.277 e. The van der Waals surface area contributed by atoms with Crippen molar-refractivity contribution in [1.82, 2.24) is 19.9 Å². The van der Waals surface area contributed by atoms with Crippen molar-refractivity contribution in [2.75, 3.05) is 13.1 Å². The minimum atomic E-state index is -0.197. The number of hydrogen-bond acceptors (Lipinski definition) is 4. The third-order valence-electron chi connectivity index (χ3n) is 4.04. The van der Waals surface area contributed by atoms with Gasteiger partial charge in [0, 0.05) is 13.1 Å². The van der Waals surface area contributed by atoms with Gasteiger partial charge in [0.25, 0.3) is 5.91 Å². The molecule has 0 spiro atoms. The number of morpholine rings is 1. The molecule has 6 nitrogen and oxygen atoms in total. The fourth-order valence-electron chi connectivity index (χ4n) is 2.89. The maximum Gasteiger partial charge on any atom is 0.277 e. The molecule has 2 heterocycles. The summed E-state index contributed by atoms with van der Waals surface area (Å²) in [6.45, 7) is 7.48. The van der Waals surface area contributed by atoms with E-state index in [4.69, 9.17) is 16.3 Å². The molecule has 0 radical (unpaired) electrons. The Hall–Kier alpha value is -1.92. The SMILES string of the molecule is Cc1ccc(Cn2nnc(C(=O)N3C[C@@H](C)O[C@@H](C)C3)c2Cl)cc1. The second-order valence-corrected chi connectivity index (χ2v) is 6.70. The van der Waals surface area contributed by atoms with Crippen LogP contribution in [-0.4, -0.2) is 51.1 Å². The van der Waals surface area contributed by atoms with Gasteiger partial charge in [0.1, 0.15) is 0 Å². The molecule has 3 rings (SSSR count). The number of benzene rings is 1. The molecule has 7 heteroatoms. The standard InChI is InChI=1S/C17H21ClN4O2/c1-11-4-6-14(7-5-11)10-22-16(18)15(19-20-22)17(23)21-8-12(2)24-13(3)9-21/h4-7,12-13H,8-10H2,1-3H3/t12-,13+. The first-order valence-electron chi connectivity index (χ1n) is 8.03. The van der Waals surface area contributed by atoms with Gasteiger partial charge in [-0.2, -0.15) is 0 Å². The maximum absolute atomic E-state index is 12.7. The molecule has 0 saturated carbocycles. The number of hydrogen-bond donors (Lipinski definition) is 0. The summed E-state index contributed by atoms with van der Waals surface area (Å²) in [5.41, 5.74) is 2.44. The van der Waals surface area contributed by atoms with Crippen LogP contribution in [0.3, 0.4) is 0 Å². The summed E-state index contributed by atoms with van der Waals surface area (Å²) < 4.78 is 7.21. The van der Waals surface area contributed by atoms with Gasteiger partial charge in [-0.3, -0.25) is 4.79 Å². The highest BCUT2D eigenvalue weighted by Crippen LogP contribution is 2.19. The van der Waals surface area contributed by atoms with Crippen LogP contribution >= 0.6 is 11.6 Å². The summed E-state index contributed by atoms with van der Waals surface area (Å²) in [4.78, 5) is 14.4. The molecule has 1 fully saturated rings. The predicted molar refractivity (Wildman–Crippen MR) is 91.2 cm³/mol. The normalized spacial score (nSPS) is 21.1. The molecule has 1 aliphatic rings. The van der Waals surface area contributed by atoms with Crippen LogP contribution in [0.2, 0.25) is 5.15 Å². The maximum atomic E-state index is 12.7. The number of aryl methyl sites for hydroxylation is 1. The van der Waals surface area contributed by atoms with E-state index in [-0.39, 0.29) is 29.0 Å². The third kappa shape index (κ3) is 3.60. The van der Waals surface area contributed by atoms with Crippen molar-refractivity contribution in [3.63, 3.8) is 0 Å². The Morgan fingerprint density at radius 1 is 1.25 bits per heavy atom. The molecule has 0 N–H and O–H groups in total. The van der Waals surface area contributed by atoms with Gasteiger partial charge >= 0.3 is 0 Å². The van der Waals surface area contributed by atoms with Gasteiger partial charge in [0.05, 0.1) is 18.8 Å². The van der Waals surface area contributed by atoms with Crippen LogP contribution in [0.1, 0.15) is 35.5 Å². The molecule has 1 aliphatic heterocycles. The molecule has 2 aromatic rings. The lowest BCUT2D eigenvalue weighted by molar-refractivity contribution is -0.0587. The van der Waals surface area contributed by atoms with Gasteiger partial charge in [-0.25, -0.2) is 4.68 Å². The molecule has 0 bridgehead atoms. The molecule has 1 aromatic heterocycles. The average molecular weight is 349 g/mol. The highest BCUT2D eigenvalue weighted by Gasteiger charge is 2.30. The van der Waals surface area contributed by atoms with Crippen LogP contribution in [0.25, 0.3) is 0 Å². The minimum absolute atomic E-state index is 0.000853. The Labute approximate surface area is 146 Å². The van der Waals surface area contributed by atoms with Crippen LogP contribution < -0.4 is 0 Å². The Balaban J connectivity index is 1.76. The van der Waals surface area contributed by atoms with E-state index in [2.05, 4.69) is 10.3 Å². The van der Waals surface area contributed by atoms with Crippen LogP contribution in [0.4, 0.5) is 0 Å². The van der Waals surface area contributed by atoms with E-state index in [1.54, 1.807) is 9.58 Å². The first kappa shape index (κ1) is 16.9. The van der Waals surface area contributed by atoms with Gasteiger partial charge in [-0.05, 0) is 26.3 Å². The van der Waals surface area contributed by atoms with Gasteiger partial charge in [0.15, 0.2) is 10.8 Å². The zero-order valence-electron chi connectivity index (χ0n) is 14.1. The van der Waals surface area contributed by atoms with E-state index >= 15 is 0 Å². The van der Waals surface area contributed by atoms with Crippen molar-refractivity contribution < 1.29 is 9.53 Å². The van der Waals surface area contributed by atoms with Gasteiger partial charge in [-0.15, -0.1) is 5.10 Å². The number of halogens is 1. The fourth-order valence-corrected chi connectivity index (χ4v) is 3.11. The van der Waals surface area contributed by atoms with Gasteiger partial charge < -0.3 is 9.64 Å². The Morgan fingerprint density at radius 3 is 2.50 bits per heavy atom. The highest BCUT2D eigenvalue weighted by atomic mass is 35.5. The topological polar surface area (TPSA) is 60.2 Å². The minimum Gasteiger partial charge on any atom is -0.372 e. The molecule has 2 atom stereocenters. The van der Waals surface area contributed by atoms with Gasteiger partial charge in [0.2, 0.25) is 0 Å². The monoisotopic (exact) mass is 348 g/mol. The lowest BCUT2D eigenvalue weighted by atomic mass is 10.1. The van der Waals surface area contributed by atoms with Crippen molar-refractivity contribution in [3.05, 3.63) is 46.2 Å². The van der Waals surface area contributed by atoms with Crippen LogP contribution in [0, 0.1) is 6.92 Å². The van der Waals surface area contributed by atoms with Gasteiger partial charge in [-0.1, -0.05) is 46.6 Å². The van der Waals surface area contributed by atoms with Crippen molar-refractivity contribution in [2.24, 2.45) is 0 Å². The number of aromatic nitrogens is 3. The van der Waals surface area contributed by atoms with E-state index in [1.165, 1.54) is 5.56 Å². The third-order valence-corrected chi connectivity index (χ3v) is 4.41. The lowest BCUT2D eigenvalue weighted by Crippen LogP contribution is -2.48. The molecule has 1 saturated heterocycles. The van der Waals surface area contributed by atoms with Crippen molar-refractivity contribution in [3.8, 4) is 0 Å². The summed E-state index contributed by atoms with van der Waals surface area (Å²) in [7, 11) is 0. The second kappa shape index (κ2) is 6.91. The summed E-state index contributed by atoms with van der Waals surface area (Å²) in [6.07, 6.45) is -0.00171. The van der Waals surface area contributed by atoms with Crippen molar-refractivity contribution >= 4 is 17.5 Å². The van der Waals surface area contributed by atoms with Crippen molar-refractivity contribution in [1.29, 1.82) is 0 Å². The first-order chi connectivity index (χ1) is 11.4. The molecule has 24 heavy (non-hydrogen) atoms. The molecular formula is C17H21ClN4O2. The predicted octanol–water partition coefficient (Wildman–Crippen LogP) is 2.54. The second-order valence-electron chi connectivity index (χ2n) is 6.34. The first-order valence-corrected chi connectivity index (χ1v) is 8.41. The average Bonchev–Trinajstić information content (AvgIpc) is 2.89. The molecule has 0 aliphatic carbocycles. The van der Waals surface area contributed by atoms with E-state index in [0.29, 0.717) is 19.6 Å². The number of ether oxygens (including phenoxy) is 1. The van der Waals surface area contributed by atoms with Crippen LogP contribution in [0.15, 0.2) is 24.3 Å². The summed E-state index contributed by atoms with van der Waals surface area (Å²) in [5, 5.41) is 8.32. The summed E-state index contributed by atoms with van der Waals surface area (Å²) >= 11 is 6.35. The summed E-state index contributed by atoms with van der Waals surface area (Å²) in [5.74, 6) is -0.197. The van der Waals surface area contributed by atoms with E-state index in [0.717, 1.165) is 5.56 Å². The van der Waals surface area contributed by atoms with Crippen LogP contribution in [0.5, 0.6) is 0 Å². The number of amides is 1. The largest absolute Gasteiger partial charge is 0.372 e. The zero-order valence-corrected chi connectivity index (χ0v) is 14.8. The van der Waals surface area contributed by atoms with E-state index in [1.807, 2.05) is 45.0 Å². The van der Waals surface area contributed by atoms with Crippen molar-refractivity contribution in [2.45, 2.75) is 39.5 Å². The molecule has 1 amide bonds. The number of rotatable bonds is 3. The Morgan fingerprint density at radius 2 is 1.88 bits per heavy atom. The van der Waals surface area contributed by atoms with E-state index < -0.39 is 0 Å². The number of carbonyl (C=O) groups excluding carboxylic acids is 1. The number of carbonyl (C=O) groups is 1. The Kier molecular flexibility index (Phi) is 4.87.